The molecule has 0 aliphatic heterocycles. The van der Waals surface area contributed by atoms with E-state index >= 15 is 0 Å². The van der Waals surface area contributed by atoms with E-state index in [1.165, 1.54) is 9.35 Å². The molecule has 1 aromatic heterocycles. The second-order valence-corrected chi connectivity index (χ2v) is 7.92. The minimum atomic E-state index is -0.169. The molecule has 0 spiro atoms. The number of halogens is 1. The summed E-state index contributed by atoms with van der Waals surface area (Å²) in [4.78, 5) is 3.72. The molecule has 0 atom stereocenters. The van der Waals surface area contributed by atoms with E-state index in [0.717, 1.165) is 13.1 Å². The largest absolute Gasteiger partial charge is 0.325 e. The molecule has 0 aliphatic rings. The van der Waals surface area contributed by atoms with Gasteiger partial charge in [-0.1, -0.05) is 13.8 Å². The van der Waals surface area contributed by atoms with Gasteiger partial charge in [0.1, 0.15) is 0 Å². The van der Waals surface area contributed by atoms with Crippen molar-refractivity contribution in [3.8, 4) is 0 Å². The summed E-state index contributed by atoms with van der Waals surface area (Å²) in [6.45, 7) is 10.6. The fourth-order valence-electron chi connectivity index (χ4n) is 1.64. The molecule has 0 aliphatic carbocycles. The van der Waals surface area contributed by atoms with Crippen molar-refractivity contribution in [2.45, 2.75) is 39.8 Å². The van der Waals surface area contributed by atoms with Gasteiger partial charge >= 0.3 is 0 Å². The normalized spacial score (nSPS) is 13.4. The molecule has 1 heterocycles. The molecular formula is C13H23BrN2S. The second kappa shape index (κ2) is 5.39. The van der Waals surface area contributed by atoms with Gasteiger partial charge in [0.2, 0.25) is 0 Å². The maximum absolute atomic E-state index is 6.23. The van der Waals surface area contributed by atoms with Crippen molar-refractivity contribution in [2.75, 3.05) is 13.6 Å². The molecule has 0 saturated heterocycles. The molecule has 17 heavy (non-hydrogen) atoms. The minimum absolute atomic E-state index is 0.0935. The first-order valence-corrected chi connectivity index (χ1v) is 7.49. The molecule has 0 radical (unpaired) electrons. The molecule has 0 amide bonds. The van der Waals surface area contributed by atoms with Crippen molar-refractivity contribution in [1.29, 1.82) is 0 Å². The topological polar surface area (TPSA) is 29.3 Å². The fraction of sp³-hybridized carbons (Fsp3) is 0.692. The zero-order chi connectivity index (χ0) is 13.3. The van der Waals surface area contributed by atoms with E-state index in [4.69, 9.17) is 5.73 Å². The zero-order valence-electron chi connectivity index (χ0n) is 11.4. The number of hydrogen-bond donors (Lipinski definition) is 1. The van der Waals surface area contributed by atoms with E-state index in [9.17, 15) is 0 Å². The Bertz CT molecular complexity index is 366. The van der Waals surface area contributed by atoms with Crippen LogP contribution < -0.4 is 5.73 Å². The van der Waals surface area contributed by atoms with Gasteiger partial charge in [0, 0.05) is 33.4 Å². The van der Waals surface area contributed by atoms with Crippen LogP contribution in [0.25, 0.3) is 0 Å². The molecule has 0 saturated carbocycles. The first-order valence-electron chi connectivity index (χ1n) is 5.82. The molecule has 0 fully saturated rings. The molecule has 4 heteroatoms. The predicted molar refractivity (Wildman–Crippen MR) is 80.4 cm³/mol. The van der Waals surface area contributed by atoms with Gasteiger partial charge in [0.05, 0.1) is 0 Å². The van der Waals surface area contributed by atoms with Crippen LogP contribution in [0.2, 0.25) is 0 Å². The molecule has 2 N–H and O–H groups in total. The third kappa shape index (κ3) is 4.36. The van der Waals surface area contributed by atoms with Crippen molar-refractivity contribution in [1.82, 2.24) is 4.90 Å². The van der Waals surface area contributed by atoms with Gasteiger partial charge in [-0.3, -0.25) is 0 Å². The summed E-state index contributed by atoms with van der Waals surface area (Å²) in [5, 5.41) is 2.13. The third-order valence-corrected chi connectivity index (χ3v) is 5.14. The summed E-state index contributed by atoms with van der Waals surface area (Å²) in [5.74, 6) is 0. The van der Waals surface area contributed by atoms with Crippen LogP contribution in [0.5, 0.6) is 0 Å². The lowest BCUT2D eigenvalue weighted by Gasteiger charge is -2.41. The van der Waals surface area contributed by atoms with E-state index in [1.807, 2.05) is 0 Å². The van der Waals surface area contributed by atoms with E-state index in [2.05, 4.69) is 67.0 Å². The van der Waals surface area contributed by atoms with Crippen molar-refractivity contribution in [3.05, 3.63) is 20.8 Å². The summed E-state index contributed by atoms with van der Waals surface area (Å²) < 4.78 is 1.17. The average Bonchev–Trinajstić information content (AvgIpc) is 2.47. The highest BCUT2D eigenvalue weighted by molar-refractivity contribution is 9.10. The monoisotopic (exact) mass is 318 g/mol. The highest BCUT2D eigenvalue weighted by atomic mass is 79.9. The number of nitrogens with two attached hydrogens (primary N) is 1. The average molecular weight is 319 g/mol. The first kappa shape index (κ1) is 15.2. The van der Waals surface area contributed by atoms with Crippen LogP contribution in [0, 0.1) is 5.41 Å². The Hall–Kier alpha value is 0.1000. The van der Waals surface area contributed by atoms with E-state index in [-0.39, 0.29) is 11.0 Å². The molecule has 2 nitrogen and oxygen atoms in total. The van der Waals surface area contributed by atoms with Gasteiger partial charge in [0.25, 0.3) is 0 Å². The van der Waals surface area contributed by atoms with Gasteiger partial charge in [0.15, 0.2) is 0 Å². The van der Waals surface area contributed by atoms with Crippen molar-refractivity contribution in [2.24, 2.45) is 11.1 Å². The van der Waals surface area contributed by atoms with Crippen LogP contribution >= 0.6 is 27.3 Å². The van der Waals surface area contributed by atoms with Crippen LogP contribution in [-0.2, 0) is 6.54 Å². The van der Waals surface area contributed by atoms with Crippen LogP contribution in [-0.4, -0.2) is 24.0 Å². The molecule has 1 aromatic rings. The Labute approximate surface area is 117 Å². The van der Waals surface area contributed by atoms with E-state index in [1.54, 1.807) is 11.3 Å². The maximum Gasteiger partial charge on any atom is 0.0325 e. The summed E-state index contributed by atoms with van der Waals surface area (Å²) in [7, 11) is 2.15. The molecule has 0 aromatic carbocycles. The van der Waals surface area contributed by atoms with Crippen molar-refractivity contribution < 1.29 is 0 Å². The minimum Gasteiger partial charge on any atom is -0.325 e. The van der Waals surface area contributed by atoms with E-state index < -0.39 is 0 Å². The Morgan fingerprint density at radius 3 is 2.35 bits per heavy atom. The summed E-state index contributed by atoms with van der Waals surface area (Å²) in [6, 6.07) is 2.18. The van der Waals surface area contributed by atoms with Gasteiger partial charge in [-0.25, -0.2) is 0 Å². The van der Waals surface area contributed by atoms with Gasteiger partial charge < -0.3 is 10.6 Å². The number of nitrogens with zero attached hydrogens (tertiary/aromatic N) is 1. The highest BCUT2D eigenvalue weighted by Gasteiger charge is 2.34. The summed E-state index contributed by atoms with van der Waals surface area (Å²) in [6.07, 6.45) is 0. The summed E-state index contributed by atoms with van der Waals surface area (Å²) >= 11 is 5.28. The maximum atomic E-state index is 6.23. The van der Waals surface area contributed by atoms with Crippen LogP contribution in [0.1, 0.15) is 32.6 Å². The van der Waals surface area contributed by atoms with Crippen LogP contribution in [0.15, 0.2) is 15.9 Å². The third-order valence-electron chi connectivity index (χ3n) is 3.46. The highest BCUT2D eigenvalue weighted by Crippen LogP contribution is 2.30. The molecule has 0 unspecified atom stereocenters. The quantitative estimate of drug-likeness (QED) is 0.896. The number of hydrogen-bond acceptors (Lipinski definition) is 3. The molecule has 1 rings (SSSR count). The zero-order valence-corrected chi connectivity index (χ0v) is 13.8. The number of rotatable bonds is 5. The smallest absolute Gasteiger partial charge is 0.0325 e. The SMILES string of the molecule is CN(Cc1cc(Br)cs1)CC(C)(C)C(C)(C)N. The lowest BCUT2D eigenvalue weighted by molar-refractivity contribution is 0.127. The summed E-state index contributed by atoms with van der Waals surface area (Å²) in [5.41, 5.74) is 6.15. The standard InChI is InChI=1S/C13H23BrN2S/c1-12(2,13(3,4)15)9-16(5)7-11-6-10(14)8-17-11/h6,8H,7,9,15H2,1-5H3. The van der Waals surface area contributed by atoms with Gasteiger partial charge in [-0.15, -0.1) is 11.3 Å². The predicted octanol–water partition coefficient (Wildman–Crippen LogP) is 3.71. The van der Waals surface area contributed by atoms with Gasteiger partial charge in [-0.2, -0.15) is 0 Å². The Morgan fingerprint density at radius 1 is 1.35 bits per heavy atom. The van der Waals surface area contributed by atoms with Crippen LogP contribution in [0.3, 0.4) is 0 Å². The van der Waals surface area contributed by atoms with Gasteiger partial charge in [-0.05, 0) is 48.3 Å². The lowest BCUT2D eigenvalue weighted by atomic mass is 9.75. The lowest BCUT2D eigenvalue weighted by Crippen LogP contribution is -2.52. The van der Waals surface area contributed by atoms with E-state index in [0.29, 0.717) is 0 Å². The Kier molecular flexibility index (Phi) is 4.81. The number of thiophene rings is 1. The molecule has 0 bridgehead atoms. The first-order chi connectivity index (χ1) is 7.62. The molecular weight excluding hydrogens is 296 g/mol. The fourth-order valence-corrected chi connectivity index (χ4v) is 3.17. The Morgan fingerprint density at radius 2 is 1.94 bits per heavy atom. The van der Waals surface area contributed by atoms with Crippen molar-refractivity contribution in [3.63, 3.8) is 0 Å². The molecule has 98 valence electrons. The van der Waals surface area contributed by atoms with Crippen LogP contribution in [0.4, 0.5) is 0 Å². The Balaban J connectivity index is 2.58. The van der Waals surface area contributed by atoms with Crippen molar-refractivity contribution >= 4 is 27.3 Å². The second-order valence-electron chi connectivity index (χ2n) is 6.01.